The van der Waals surface area contributed by atoms with Crippen LogP contribution in [0, 0.1) is 0 Å². The molecular formula is C20H18N2O. The predicted molar refractivity (Wildman–Crippen MR) is 91.1 cm³/mol. The second-order valence-electron chi connectivity index (χ2n) is 6.04. The van der Waals surface area contributed by atoms with E-state index in [1.54, 1.807) is 0 Å². The maximum Gasteiger partial charge on any atom is 0.273 e. The van der Waals surface area contributed by atoms with Crippen molar-refractivity contribution in [2.45, 2.75) is 25.4 Å². The number of para-hydroxylation sites is 1. The zero-order valence-corrected chi connectivity index (χ0v) is 12.9. The summed E-state index contributed by atoms with van der Waals surface area (Å²) in [6, 6.07) is 22.2. The van der Waals surface area contributed by atoms with Crippen LogP contribution in [0.1, 0.15) is 28.9 Å². The van der Waals surface area contributed by atoms with Gasteiger partial charge >= 0.3 is 0 Å². The third kappa shape index (κ3) is 2.95. The van der Waals surface area contributed by atoms with E-state index in [-0.39, 0.29) is 5.91 Å². The highest BCUT2D eigenvalue weighted by Gasteiger charge is 2.33. The van der Waals surface area contributed by atoms with Gasteiger partial charge in [-0.3, -0.25) is 4.79 Å². The molecule has 3 aromatic rings. The number of carbonyl (C=O) groups excluding carboxylic acids is 1. The molecule has 1 fully saturated rings. The Labute approximate surface area is 135 Å². The number of aromatic nitrogens is 1. The highest BCUT2D eigenvalue weighted by Crippen LogP contribution is 2.29. The predicted octanol–water partition coefficient (Wildman–Crippen LogP) is 4.04. The highest BCUT2D eigenvalue weighted by molar-refractivity contribution is 5.95. The minimum absolute atomic E-state index is 0.0297. The second-order valence-corrected chi connectivity index (χ2v) is 6.04. The Kier molecular flexibility index (Phi) is 3.54. The number of carbonyl (C=O) groups is 1. The van der Waals surface area contributed by atoms with E-state index in [0.717, 1.165) is 29.3 Å². The van der Waals surface area contributed by atoms with Gasteiger partial charge in [-0.15, -0.1) is 0 Å². The Hall–Kier alpha value is -2.68. The van der Waals surface area contributed by atoms with Gasteiger partial charge in [-0.1, -0.05) is 54.6 Å². The summed E-state index contributed by atoms with van der Waals surface area (Å²) in [4.78, 5) is 19.5. The van der Waals surface area contributed by atoms with E-state index < -0.39 is 0 Å². The summed E-state index contributed by atoms with van der Waals surface area (Å²) in [7, 11) is 0. The first-order valence-corrected chi connectivity index (χ1v) is 8.02. The van der Waals surface area contributed by atoms with Crippen molar-refractivity contribution in [2.24, 2.45) is 0 Å². The van der Waals surface area contributed by atoms with E-state index in [9.17, 15) is 4.79 Å². The van der Waals surface area contributed by atoms with Gasteiger partial charge in [-0.2, -0.15) is 0 Å². The number of nitrogens with zero attached hydrogens (tertiary/aromatic N) is 2. The van der Waals surface area contributed by atoms with Crippen LogP contribution in [0.5, 0.6) is 0 Å². The fourth-order valence-electron chi connectivity index (χ4n) is 2.87. The standard InChI is InChI=1S/C20H18N2O/c23-20(19-13-10-16-8-4-5-9-18(16)21-19)22(17-11-12-17)14-15-6-2-1-3-7-15/h1-10,13,17H,11-12,14H2. The zero-order valence-electron chi connectivity index (χ0n) is 12.9. The van der Waals surface area contributed by atoms with Gasteiger partial charge in [0.2, 0.25) is 0 Å². The van der Waals surface area contributed by atoms with E-state index in [0.29, 0.717) is 18.3 Å². The van der Waals surface area contributed by atoms with Crippen molar-refractivity contribution in [2.75, 3.05) is 0 Å². The molecule has 0 radical (unpaired) electrons. The van der Waals surface area contributed by atoms with Crippen LogP contribution in [-0.2, 0) is 6.54 Å². The first-order chi connectivity index (χ1) is 11.3. The van der Waals surface area contributed by atoms with Crippen molar-refractivity contribution in [3.05, 3.63) is 78.0 Å². The molecule has 1 amide bonds. The average molecular weight is 302 g/mol. The summed E-state index contributed by atoms with van der Waals surface area (Å²) in [5, 5.41) is 1.06. The van der Waals surface area contributed by atoms with Crippen LogP contribution in [0.15, 0.2) is 66.7 Å². The summed E-state index contributed by atoms with van der Waals surface area (Å²) >= 11 is 0. The topological polar surface area (TPSA) is 33.2 Å². The number of amides is 1. The lowest BCUT2D eigenvalue weighted by atomic mass is 10.1. The number of hydrogen-bond acceptors (Lipinski definition) is 2. The Morgan fingerprint density at radius 1 is 0.957 bits per heavy atom. The van der Waals surface area contributed by atoms with Crippen molar-refractivity contribution in [3.8, 4) is 0 Å². The highest BCUT2D eigenvalue weighted by atomic mass is 16.2. The maximum atomic E-state index is 12.9. The average Bonchev–Trinajstić information content (AvgIpc) is 3.44. The minimum atomic E-state index is 0.0297. The summed E-state index contributed by atoms with van der Waals surface area (Å²) in [6.07, 6.45) is 2.18. The fraction of sp³-hybridized carbons (Fsp3) is 0.200. The first-order valence-electron chi connectivity index (χ1n) is 8.02. The van der Waals surface area contributed by atoms with Gasteiger partial charge in [0, 0.05) is 18.0 Å². The van der Waals surface area contributed by atoms with Crippen LogP contribution in [-0.4, -0.2) is 21.8 Å². The molecule has 0 spiro atoms. The van der Waals surface area contributed by atoms with Gasteiger partial charge in [0.05, 0.1) is 5.52 Å². The molecule has 0 aliphatic heterocycles. The molecule has 3 nitrogen and oxygen atoms in total. The van der Waals surface area contributed by atoms with Crippen molar-refractivity contribution in [1.82, 2.24) is 9.88 Å². The number of fused-ring (bicyclic) bond motifs is 1. The van der Waals surface area contributed by atoms with E-state index in [1.807, 2.05) is 59.5 Å². The molecule has 3 heteroatoms. The van der Waals surface area contributed by atoms with Gasteiger partial charge in [0.1, 0.15) is 5.69 Å². The Balaban J connectivity index is 1.63. The molecule has 1 aliphatic rings. The second kappa shape index (κ2) is 5.84. The summed E-state index contributed by atoms with van der Waals surface area (Å²) in [5.74, 6) is 0.0297. The monoisotopic (exact) mass is 302 g/mol. The van der Waals surface area contributed by atoms with Gasteiger partial charge in [0.25, 0.3) is 5.91 Å². The van der Waals surface area contributed by atoms with Crippen LogP contribution in [0.2, 0.25) is 0 Å². The Morgan fingerprint density at radius 2 is 1.70 bits per heavy atom. The summed E-state index contributed by atoms with van der Waals surface area (Å²) in [5.41, 5.74) is 2.56. The molecule has 1 heterocycles. The van der Waals surface area contributed by atoms with E-state index in [4.69, 9.17) is 0 Å². The lowest BCUT2D eigenvalue weighted by molar-refractivity contribution is 0.0724. The zero-order chi connectivity index (χ0) is 15.6. The molecule has 1 aromatic heterocycles. The number of rotatable bonds is 4. The molecule has 0 atom stereocenters. The van der Waals surface area contributed by atoms with Crippen LogP contribution in [0.25, 0.3) is 10.9 Å². The van der Waals surface area contributed by atoms with E-state index in [2.05, 4.69) is 17.1 Å². The van der Waals surface area contributed by atoms with Gasteiger partial charge in [-0.05, 0) is 30.5 Å². The Bertz CT molecular complexity index is 840. The van der Waals surface area contributed by atoms with Gasteiger partial charge in [0.15, 0.2) is 0 Å². The van der Waals surface area contributed by atoms with Crippen LogP contribution in [0.4, 0.5) is 0 Å². The van der Waals surface area contributed by atoms with Crippen molar-refractivity contribution in [3.63, 3.8) is 0 Å². The smallest absolute Gasteiger partial charge is 0.273 e. The normalized spacial score (nSPS) is 13.9. The molecule has 4 rings (SSSR count). The summed E-state index contributed by atoms with van der Waals surface area (Å²) in [6.45, 7) is 0.652. The minimum Gasteiger partial charge on any atom is -0.330 e. The summed E-state index contributed by atoms with van der Waals surface area (Å²) < 4.78 is 0. The molecular weight excluding hydrogens is 284 g/mol. The molecule has 114 valence electrons. The van der Waals surface area contributed by atoms with E-state index in [1.165, 1.54) is 0 Å². The molecule has 1 saturated carbocycles. The third-order valence-electron chi connectivity index (χ3n) is 4.26. The third-order valence-corrected chi connectivity index (χ3v) is 4.26. The molecule has 0 saturated heterocycles. The Morgan fingerprint density at radius 3 is 2.48 bits per heavy atom. The van der Waals surface area contributed by atoms with Crippen molar-refractivity contribution >= 4 is 16.8 Å². The lowest BCUT2D eigenvalue weighted by Gasteiger charge is -2.22. The molecule has 1 aliphatic carbocycles. The number of hydrogen-bond donors (Lipinski definition) is 0. The molecule has 0 bridgehead atoms. The first kappa shape index (κ1) is 13.9. The quantitative estimate of drug-likeness (QED) is 0.728. The largest absolute Gasteiger partial charge is 0.330 e. The number of benzene rings is 2. The number of pyridine rings is 1. The molecule has 0 N–H and O–H groups in total. The van der Waals surface area contributed by atoms with E-state index >= 15 is 0 Å². The van der Waals surface area contributed by atoms with Crippen LogP contribution >= 0.6 is 0 Å². The molecule has 23 heavy (non-hydrogen) atoms. The molecule has 2 aromatic carbocycles. The lowest BCUT2D eigenvalue weighted by Crippen LogP contribution is -2.33. The molecule has 0 unspecified atom stereocenters. The van der Waals surface area contributed by atoms with Gasteiger partial charge < -0.3 is 4.90 Å². The van der Waals surface area contributed by atoms with Crippen LogP contribution in [0.3, 0.4) is 0 Å². The fourth-order valence-corrected chi connectivity index (χ4v) is 2.87. The van der Waals surface area contributed by atoms with Crippen LogP contribution < -0.4 is 0 Å². The maximum absolute atomic E-state index is 12.9. The van der Waals surface area contributed by atoms with Gasteiger partial charge in [-0.25, -0.2) is 4.98 Å². The van der Waals surface area contributed by atoms with Crippen molar-refractivity contribution < 1.29 is 4.79 Å². The SMILES string of the molecule is O=C(c1ccc2ccccc2n1)N(Cc1ccccc1)C1CC1. The van der Waals surface area contributed by atoms with Crippen molar-refractivity contribution in [1.29, 1.82) is 0 Å².